The Labute approximate surface area is 172 Å². The van der Waals surface area contributed by atoms with E-state index < -0.39 is 0 Å². The Hall–Kier alpha value is -3.16. The summed E-state index contributed by atoms with van der Waals surface area (Å²) in [5.74, 6) is 0. The van der Waals surface area contributed by atoms with Gasteiger partial charge in [0.2, 0.25) is 0 Å². The van der Waals surface area contributed by atoms with Crippen LogP contribution in [-0.2, 0) is 12.0 Å². The Morgan fingerprint density at radius 3 is 1.62 bits per heavy atom. The predicted molar refractivity (Wildman–Crippen MR) is 120 cm³/mol. The van der Waals surface area contributed by atoms with Gasteiger partial charge in [-0.25, -0.2) is 0 Å². The third-order valence-corrected chi connectivity index (χ3v) is 6.59. The van der Waals surface area contributed by atoms with E-state index in [9.17, 15) is 0 Å². The fourth-order valence-corrected chi connectivity index (χ4v) is 5.69. The van der Waals surface area contributed by atoms with E-state index in [1.165, 1.54) is 50.1 Å². The molecular weight excluding hydrogens is 350 g/mol. The first-order valence-corrected chi connectivity index (χ1v) is 10.3. The van der Waals surface area contributed by atoms with Gasteiger partial charge in [-0.05, 0) is 64.2 Å². The Balaban J connectivity index is 1.80. The summed E-state index contributed by atoms with van der Waals surface area (Å²) in [5.41, 5.74) is 12.4. The lowest BCUT2D eigenvalue weighted by molar-refractivity contribution is 0.403. The van der Waals surface area contributed by atoms with E-state index in [1.807, 2.05) is 0 Å². The first-order valence-electron chi connectivity index (χ1n) is 10.3. The first kappa shape index (κ1) is 16.8. The van der Waals surface area contributed by atoms with Crippen LogP contribution in [0.5, 0.6) is 0 Å². The number of fused-ring (bicyclic) bond motifs is 10. The average molecular weight is 373 g/mol. The molecule has 6 rings (SSSR count). The van der Waals surface area contributed by atoms with Crippen molar-refractivity contribution in [3.8, 4) is 22.3 Å². The van der Waals surface area contributed by atoms with E-state index in [4.69, 9.17) is 0 Å². The van der Waals surface area contributed by atoms with Crippen molar-refractivity contribution >= 4 is 0 Å². The Bertz CT molecular complexity index is 1220. The summed E-state index contributed by atoms with van der Waals surface area (Å²) in [6.45, 7) is 0.941. The molecule has 0 unspecified atom stereocenters. The second-order valence-corrected chi connectivity index (χ2v) is 8.46. The average Bonchev–Trinajstić information content (AvgIpc) is 3.22. The molecule has 0 saturated heterocycles. The van der Waals surface area contributed by atoms with Crippen LogP contribution in [0.4, 0.5) is 0 Å². The molecule has 2 aliphatic rings. The quantitative estimate of drug-likeness (QED) is 0.355. The van der Waals surface area contributed by atoms with Gasteiger partial charge in [0, 0.05) is 6.54 Å². The monoisotopic (exact) mass is 373 g/mol. The zero-order chi connectivity index (χ0) is 19.6. The summed E-state index contributed by atoms with van der Waals surface area (Å²) in [4.78, 5) is 2.26. The topological polar surface area (TPSA) is 3.24 Å². The van der Waals surface area contributed by atoms with Crippen molar-refractivity contribution in [3.05, 3.63) is 119 Å². The highest BCUT2D eigenvalue weighted by Gasteiger charge is 2.51. The van der Waals surface area contributed by atoms with Crippen LogP contribution < -0.4 is 0 Å². The molecule has 4 aromatic carbocycles. The number of rotatable bonds is 2. The summed E-state index contributed by atoms with van der Waals surface area (Å²) < 4.78 is 0. The third-order valence-electron chi connectivity index (χ3n) is 6.59. The van der Waals surface area contributed by atoms with Crippen LogP contribution in [-0.4, -0.2) is 19.0 Å². The lowest BCUT2D eigenvalue weighted by Gasteiger charge is -2.30. The Kier molecular flexibility index (Phi) is 3.42. The Morgan fingerprint density at radius 2 is 1.03 bits per heavy atom. The largest absolute Gasteiger partial charge is 0.305 e. The molecule has 0 fully saturated rings. The second kappa shape index (κ2) is 5.92. The minimum atomic E-state index is -0.221. The number of benzene rings is 4. The fraction of sp³-hybridized carbons (Fsp3) is 0.143. The summed E-state index contributed by atoms with van der Waals surface area (Å²) in [5, 5.41) is 0. The molecule has 0 aliphatic heterocycles. The molecule has 0 bridgehead atoms. The maximum atomic E-state index is 2.35. The molecule has 29 heavy (non-hydrogen) atoms. The zero-order valence-corrected chi connectivity index (χ0v) is 16.8. The minimum absolute atomic E-state index is 0.221. The van der Waals surface area contributed by atoms with Gasteiger partial charge in [-0.3, -0.25) is 0 Å². The normalized spacial score (nSPS) is 14.6. The molecule has 0 N–H and O–H groups in total. The summed E-state index contributed by atoms with van der Waals surface area (Å²) in [6, 6.07) is 33.9. The predicted octanol–water partition coefficient (Wildman–Crippen LogP) is 6.09. The van der Waals surface area contributed by atoms with Gasteiger partial charge in [0.05, 0.1) is 5.41 Å². The number of hydrogen-bond acceptors (Lipinski definition) is 1. The van der Waals surface area contributed by atoms with Crippen molar-refractivity contribution in [1.29, 1.82) is 0 Å². The highest BCUT2D eigenvalue weighted by atomic mass is 15.0. The minimum Gasteiger partial charge on any atom is -0.305 e. The van der Waals surface area contributed by atoms with Crippen molar-refractivity contribution in [2.75, 3.05) is 14.1 Å². The van der Waals surface area contributed by atoms with Gasteiger partial charge in [0.25, 0.3) is 0 Å². The molecule has 0 radical (unpaired) electrons. The van der Waals surface area contributed by atoms with Crippen LogP contribution in [0.3, 0.4) is 0 Å². The van der Waals surface area contributed by atoms with Gasteiger partial charge in [-0.2, -0.15) is 0 Å². The first-order chi connectivity index (χ1) is 14.2. The fourth-order valence-electron chi connectivity index (χ4n) is 5.69. The van der Waals surface area contributed by atoms with E-state index in [1.54, 1.807) is 0 Å². The van der Waals surface area contributed by atoms with Gasteiger partial charge >= 0.3 is 0 Å². The molecule has 1 nitrogen and oxygen atoms in total. The van der Waals surface area contributed by atoms with Gasteiger partial charge in [0.1, 0.15) is 0 Å². The highest BCUT2D eigenvalue weighted by Crippen LogP contribution is 2.63. The van der Waals surface area contributed by atoms with Crippen LogP contribution in [0.25, 0.3) is 22.3 Å². The summed E-state index contributed by atoms with van der Waals surface area (Å²) in [7, 11) is 4.30. The van der Waals surface area contributed by atoms with E-state index in [2.05, 4.69) is 110 Å². The van der Waals surface area contributed by atoms with E-state index >= 15 is 0 Å². The molecule has 140 valence electrons. The van der Waals surface area contributed by atoms with Crippen molar-refractivity contribution in [1.82, 2.24) is 4.90 Å². The molecule has 0 atom stereocenters. The van der Waals surface area contributed by atoms with Crippen molar-refractivity contribution in [3.63, 3.8) is 0 Å². The van der Waals surface area contributed by atoms with Crippen LogP contribution in [0, 0.1) is 0 Å². The lowest BCUT2D eigenvalue weighted by atomic mass is 9.70. The summed E-state index contributed by atoms with van der Waals surface area (Å²) >= 11 is 0. The van der Waals surface area contributed by atoms with Gasteiger partial charge in [0.15, 0.2) is 0 Å². The molecule has 1 heteroatoms. The van der Waals surface area contributed by atoms with Crippen LogP contribution >= 0.6 is 0 Å². The van der Waals surface area contributed by atoms with E-state index in [0.717, 1.165) is 6.54 Å². The second-order valence-electron chi connectivity index (χ2n) is 8.46. The third kappa shape index (κ3) is 2.03. The lowest BCUT2D eigenvalue weighted by Crippen LogP contribution is -2.26. The summed E-state index contributed by atoms with van der Waals surface area (Å²) in [6.07, 6.45) is 0. The molecule has 0 heterocycles. The molecule has 2 aliphatic carbocycles. The SMILES string of the molecule is CN(C)Cc1cccc2c1-c1ccccc1C21c2ccccc2-c2ccccc21. The standard InChI is InChI=1S/C28H23N/c1-29(2)18-19-10-9-17-26-27(19)22-13-5-8-16-25(22)28(26)23-14-6-3-11-20(23)21-12-4-7-15-24(21)28/h3-17H,18H2,1-2H3. The van der Waals surface area contributed by atoms with Crippen molar-refractivity contribution in [2.24, 2.45) is 0 Å². The molecule has 4 aromatic rings. The molecule has 1 spiro atoms. The zero-order valence-electron chi connectivity index (χ0n) is 16.8. The smallest absolute Gasteiger partial charge is 0.0725 e. The van der Waals surface area contributed by atoms with Gasteiger partial charge in [-0.1, -0.05) is 91.0 Å². The maximum absolute atomic E-state index is 2.35. The molecule has 0 aromatic heterocycles. The number of nitrogens with zero attached hydrogens (tertiary/aromatic N) is 1. The maximum Gasteiger partial charge on any atom is 0.0725 e. The van der Waals surface area contributed by atoms with Crippen molar-refractivity contribution < 1.29 is 0 Å². The van der Waals surface area contributed by atoms with Crippen LogP contribution in [0.2, 0.25) is 0 Å². The molecule has 0 saturated carbocycles. The van der Waals surface area contributed by atoms with E-state index in [0.29, 0.717) is 0 Å². The van der Waals surface area contributed by atoms with Crippen LogP contribution in [0.15, 0.2) is 91.0 Å². The molecular formula is C28H23N. The Morgan fingerprint density at radius 1 is 0.552 bits per heavy atom. The number of hydrogen-bond donors (Lipinski definition) is 0. The van der Waals surface area contributed by atoms with Gasteiger partial charge < -0.3 is 4.90 Å². The van der Waals surface area contributed by atoms with Crippen LogP contribution in [0.1, 0.15) is 27.8 Å². The highest BCUT2D eigenvalue weighted by molar-refractivity contribution is 5.95. The van der Waals surface area contributed by atoms with E-state index in [-0.39, 0.29) is 5.41 Å². The van der Waals surface area contributed by atoms with Gasteiger partial charge in [-0.15, -0.1) is 0 Å². The molecule has 0 amide bonds. The van der Waals surface area contributed by atoms with Crippen molar-refractivity contribution in [2.45, 2.75) is 12.0 Å².